The van der Waals surface area contributed by atoms with Crippen molar-refractivity contribution < 1.29 is 22.7 Å². The zero-order valence-corrected chi connectivity index (χ0v) is 17.9. The summed E-state index contributed by atoms with van der Waals surface area (Å²) in [5.41, 5.74) is 0.658. The van der Waals surface area contributed by atoms with Gasteiger partial charge in [-0.3, -0.25) is 4.79 Å². The molecule has 1 aliphatic carbocycles. The maximum Gasteiger partial charge on any atom is 0.219 e. The third kappa shape index (κ3) is 5.49. The molecule has 31 heavy (non-hydrogen) atoms. The van der Waals surface area contributed by atoms with Crippen LogP contribution in [0.15, 0.2) is 30.5 Å². The zero-order valence-electron chi connectivity index (χ0n) is 17.1. The molecule has 0 spiro atoms. The highest BCUT2D eigenvalue weighted by Crippen LogP contribution is 2.46. The van der Waals surface area contributed by atoms with E-state index in [1.807, 2.05) is 4.90 Å². The number of ether oxygens (including phenoxy) is 1. The fraction of sp³-hybridized carbons (Fsp3) is 0.455. The highest BCUT2D eigenvalue weighted by Gasteiger charge is 2.42. The molecule has 5 nitrogen and oxygen atoms in total. The van der Waals surface area contributed by atoms with Crippen LogP contribution < -0.4 is 10.1 Å². The molecule has 0 bridgehead atoms. The molecule has 1 aliphatic heterocycles. The zero-order chi connectivity index (χ0) is 21.3. The predicted molar refractivity (Wildman–Crippen MR) is 112 cm³/mol. The Morgan fingerprint density at radius 1 is 1.26 bits per heavy atom. The van der Waals surface area contributed by atoms with Crippen LogP contribution in [0.1, 0.15) is 43.2 Å². The molecular formula is C22H25ClF3N3O2. The number of hydrogen-bond acceptors (Lipinski definition) is 4. The van der Waals surface area contributed by atoms with Gasteiger partial charge in [-0.25, -0.2) is 13.8 Å². The molecule has 2 aliphatic rings. The molecule has 1 saturated heterocycles. The van der Waals surface area contributed by atoms with Crippen LogP contribution in [-0.2, 0) is 11.4 Å². The van der Waals surface area contributed by atoms with Crippen LogP contribution in [0.2, 0.25) is 0 Å². The summed E-state index contributed by atoms with van der Waals surface area (Å²) in [6.07, 6.45) is 3.77. The first-order valence-corrected chi connectivity index (χ1v) is 10.1. The number of piperidine rings is 1. The van der Waals surface area contributed by atoms with Gasteiger partial charge in [-0.1, -0.05) is 0 Å². The van der Waals surface area contributed by atoms with Gasteiger partial charge >= 0.3 is 0 Å². The largest absolute Gasteiger partial charge is 0.485 e. The SMILES string of the molecule is CC(=O)N1CCC(N[C@@H]2C[C@H]2c2cc(F)cc(F)c2OCc2cccnc2F)CC1.Cl. The number of pyridine rings is 1. The first kappa shape index (κ1) is 23.3. The molecule has 1 saturated carbocycles. The first-order chi connectivity index (χ1) is 14.4. The lowest BCUT2D eigenvalue weighted by atomic mass is 10.0. The molecule has 2 heterocycles. The predicted octanol–water partition coefficient (Wildman–Crippen LogP) is 3.96. The van der Waals surface area contributed by atoms with E-state index >= 15 is 0 Å². The number of hydrogen-bond donors (Lipinski definition) is 1. The highest BCUT2D eigenvalue weighted by atomic mass is 35.5. The van der Waals surface area contributed by atoms with Gasteiger partial charge in [-0.2, -0.15) is 4.39 Å². The van der Waals surface area contributed by atoms with E-state index in [4.69, 9.17) is 4.74 Å². The van der Waals surface area contributed by atoms with E-state index in [0.29, 0.717) is 18.7 Å². The summed E-state index contributed by atoms with van der Waals surface area (Å²) in [4.78, 5) is 16.8. The Morgan fingerprint density at radius 3 is 2.68 bits per heavy atom. The quantitative estimate of drug-likeness (QED) is 0.670. The monoisotopic (exact) mass is 455 g/mol. The van der Waals surface area contributed by atoms with Gasteiger partial charge in [0.25, 0.3) is 0 Å². The summed E-state index contributed by atoms with van der Waals surface area (Å²) in [5, 5.41) is 3.54. The van der Waals surface area contributed by atoms with E-state index in [1.165, 1.54) is 18.3 Å². The van der Waals surface area contributed by atoms with Crippen LogP contribution in [0.4, 0.5) is 13.2 Å². The number of amides is 1. The number of aromatic nitrogens is 1. The lowest BCUT2D eigenvalue weighted by Gasteiger charge is -2.32. The van der Waals surface area contributed by atoms with Crippen LogP contribution in [0, 0.1) is 17.6 Å². The van der Waals surface area contributed by atoms with Gasteiger partial charge in [0, 0.05) is 61.4 Å². The summed E-state index contributed by atoms with van der Waals surface area (Å²) in [5.74, 6) is -2.17. The average molecular weight is 456 g/mol. The minimum Gasteiger partial charge on any atom is -0.485 e. The van der Waals surface area contributed by atoms with Gasteiger partial charge < -0.3 is 15.0 Å². The third-order valence-corrected chi connectivity index (χ3v) is 5.83. The van der Waals surface area contributed by atoms with Crippen LogP contribution in [0.5, 0.6) is 5.75 Å². The Hall–Kier alpha value is -2.32. The number of carbonyl (C=O) groups excluding carboxylic acids is 1. The molecule has 2 atom stereocenters. The molecule has 1 amide bonds. The molecule has 0 radical (unpaired) electrons. The van der Waals surface area contributed by atoms with Crippen molar-refractivity contribution in [1.29, 1.82) is 0 Å². The first-order valence-electron chi connectivity index (χ1n) is 10.1. The lowest BCUT2D eigenvalue weighted by Crippen LogP contribution is -2.45. The molecule has 2 aromatic rings. The summed E-state index contributed by atoms with van der Waals surface area (Å²) in [6, 6.07) is 5.52. The minimum atomic E-state index is -0.797. The molecule has 1 N–H and O–H groups in total. The van der Waals surface area contributed by atoms with Gasteiger partial charge in [-0.05, 0) is 37.5 Å². The van der Waals surface area contributed by atoms with Crippen LogP contribution >= 0.6 is 12.4 Å². The number of likely N-dealkylation sites (tertiary alicyclic amines) is 1. The molecule has 9 heteroatoms. The Morgan fingerprint density at radius 2 is 2.00 bits per heavy atom. The van der Waals surface area contributed by atoms with Gasteiger partial charge in [0.15, 0.2) is 11.6 Å². The van der Waals surface area contributed by atoms with E-state index in [2.05, 4.69) is 10.3 Å². The molecule has 1 aromatic heterocycles. The van der Waals surface area contributed by atoms with Gasteiger partial charge in [0.1, 0.15) is 12.4 Å². The van der Waals surface area contributed by atoms with Crippen molar-refractivity contribution in [2.24, 2.45) is 0 Å². The van der Waals surface area contributed by atoms with E-state index in [1.54, 1.807) is 13.0 Å². The fourth-order valence-corrected chi connectivity index (χ4v) is 4.07. The standard InChI is InChI=1S/C22H24F3N3O2.ClH/c1-13(29)28-7-4-16(5-8-28)27-20-11-17(20)18-9-15(23)10-19(24)21(18)30-12-14-3-2-6-26-22(14)25;/h2-3,6,9-10,16-17,20,27H,4-5,7-8,11-12H2,1H3;1H/t17-,20+;/m0./s1. The third-order valence-electron chi connectivity index (χ3n) is 5.83. The normalized spacial score (nSPS) is 20.8. The molecule has 168 valence electrons. The summed E-state index contributed by atoms with van der Waals surface area (Å²) < 4.78 is 47.7. The van der Waals surface area contributed by atoms with Crippen molar-refractivity contribution in [2.45, 2.75) is 50.8 Å². The number of halogens is 4. The maximum atomic E-state index is 14.5. The van der Waals surface area contributed by atoms with Crippen LogP contribution in [0.3, 0.4) is 0 Å². The Kier molecular flexibility index (Phi) is 7.43. The van der Waals surface area contributed by atoms with Crippen LogP contribution in [0.25, 0.3) is 0 Å². The van der Waals surface area contributed by atoms with E-state index in [9.17, 15) is 18.0 Å². The second-order valence-corrected chi connectivity index (χ2v) is 7.94. The molecular weight excluding hydrogens is 431 g/mol. The van der Waals surface area contributed by atoms with E-state index in [-0.39, 0.29) is 54.2 Å². The second-order valence-electron chi connectivity index (χ2n) is 7.94. The van der Waals surface area contributed by atoms with Gasteiger partial charge in [0.2, 0.25) is 11.9 Å². The number of nitrogens with one attached hydrogen (secondary N) is 1. The topological polar surface area (TPSA) is 54.5 Å². The number of carbonyl (C=O) groups is 1. The lowest BCUT2D eigenvalue weighted by molar-refractivity contribution is -0.129. The molecule has 4 rings (SSSR count). The van der Waals surface area contributed by atoms with E-state index < -0.39 is 17.6 Å². The Bertz CT molecular complexity index is 938. The molecule has 1 aromatic carbocycles. The van der Waals surface area contributed by atoms with Crippen molar-refractivity contribution in [1.82, 2.24) is 15.2 Å². The Balaban J connectivity index is 0.00000272. The highest BCUT2D eigenvalue weighted by molar-refractivity contribution is 5.85. The van der Waals surface area contributed by atoms with E-state index in [0.717, 1.165) is 25.3 Å². The number of benzene rings is 1. The fourth-order valence-electron chi connectivity index (χ4n) is 4.07. The average Bonchev–Trinajstić information content (AvgIpc) is 3.47. The molecule has 0 unspecified atom stereocenters. The Labute approximate surface area is 185 Å². The van der Waals surface area contributed by atoms with Crippen molar-refractivity contribution in [2.75, 3.05) is 13.1 Å². The maximum absolute atomic E-state index is 14.5. The summed E-state index contributed by atoms with van der Waals surface area (Å²) in [7, 11) is 0. The van der Waals surface area contributed by atoms with Crippen molar-refractivity contribution >= 4 is 18.3 Å². The smallest absolute Gasteiger partial charge is 0.219 e. The van der Waals surface area contributed by atoms with Gasteiger partial charge in [0.05, 0.1) is 0 Å². The second kappa shape index (κ2) is 9.87. The molecule has 2 fully saturated rings. The number of rotatable bonds is 6. The van der Waals surface area contributed by atoms with Crippen molar-refractivity contribution in [3.05, 3.63) is 59.2 Å². The van der Waals surface area contributed by atoms with Crippen molar-refractivity contribution in [3.8, 4) is 5.75 Å². The number of nitrogens with zero attached hydrogens (tertiary/aromatic N) is 2. The van der Waals surface area contributed by atoms with Gasteiger partial charge in [-0.15, -0.1) is 12.4 Å². The summed E-state index contributed by atoms with van der Waals surface area (Å²) in [6.45, 7) is 2.81. The van der Waals surface area contributed by atoms with Crippen LogP contribution in [-0.4, -0.2) is 41.0 Å². The minimum absolute atomic E-state index is 0. The van der Waals surface area contributed by atoms with Crippen molar-refractivity contribution in [3.63, 3.8) is 0 Å². The summed E-state index contributed by atoms with van der Waals surface area (Å²) >= 11 is 0.